The Kier molecular flexibility index (Phi) is 3.19. The standard InChI is InChI=1S/C13H15NS/c1-10-4-3-5-11(8-10)13(14-2)12-6-7-15-9-12/h3-9,13-14H,1-2H3. The van der Waals surface area contributed by atoms with Gasteiger partial charge in [0.25, 0.3) is 0 Å². The van der Waals surface area contributed by atoms with E-state index in [1.54, 1.807) is 11.3 Å². The van der Waals surface area contributed by atoms with Crippen molar-refractivity contribution in [3.05, 3.63) is 57.8 Å². The van der Waals surface area contributed by atoms with Crippen molar-refractivity contribution in [1.82, 2.24) is 5.32 Å². The first kappa shape index (κ1) is 10.4. The summed E-state index contributed by atoms with van der Waals surface area (Å²) in [6, 6.07) is 11.1. The molecule has 1 nitrogen and oxygen atoms in total. The van der Waals surface area contributed by atoms with Gasteiger partial charge in [-0.1, -0.05) is 29.8 Å². The topological polar surface area (TPSA) is 12.0 Å². The molecule has 0 aliphatic carbocycles. The van der Waals surface area contributed by atoms with Gasteiger partial charge in [-0.25, -0.2) is 0 Å². The van der Waals surface area contributed by atoms with Crippen molar-refractivity contribution >= 4 is 11.3 Å². The summed E-state index contributed by atoms with van der Waals surface area (Å²) in [5, 5.41) is 7.67. The predicted molar refractivity (Wildman–Crippen MR) is 66.4 cm³/mol. The molecule has 0 bridgehead atoms. The van der Waals surface area contributed by atoms with Gasteiger partial charge in [-0.05, 0) is 41.9 Å². The maximum absolute atomic E-state index is 3.35. The Hall–Kier alpha value is -1.12. The predicted octanol–water partition coefficient (Wildman–Crippen LogP) is 3.37. The average Bonchev–Trinajstić information content (AvgIpc) is 2.72. The fourth-order valence-electron chi connectivity index (χ4n) is 1.81. The zero-order valence-corrected chi connectivity index (χ0v) is 9.84. The van der Waals surface area contributed by atoms with E-state index in [-0.39, 0.29) is 0 Å². The van der Waals surface area contributed by atoms with Crippen LogP contribution in [0.3, 0.4) is 0 Å². The van der Waals surface area contributed by atoms with Crippen molar-refractivity contribution in [2.24, 2.45) is 0 Å². The van der Waals surface area contributed by atoms with Crippen LogP contribution in [0, 0.1) is 6.92 Å². The van der Waals surface area contributed by atoms with E-state index in [1.165, 1.54) is 16.7 Å². The Labute approximate surface area is 94.8 Å². The summed E-state index contributed by atoms with van der Waals surface area (Å²) in [5.41, 5.74) is 3.98. The molecule has 0 amide bonds. The van der Waals surface area contributed by atoms with Crippen LogP contribution in [0.15, 0.2) is 41.1 Å². The third-order valence-corrected chi connectivity index (χ3v) is 3.24. The quantitative estimate of drug-likeness (QED) is 0.831. The molecule has 2 heteroatoms. The number of aryl methyl sites for hydroxylation is 1. The van der Waals surface area contributed by atoms with E-state index < -0.39 is 0 Å². The molecule has 1 aromatic heterocycles. The largest absolute Gasteiger partial charge is 0.309 e. The lowest BCUT2D eigenvalue weighted by Gasteiger charge is -2.15. The molecule has 0 saturated carbocycles. The lowest BCUT2D eigenvalue weighted by Crippen LogP contribution is -2.16. The van der Waals surface area contributed by atoms with Crippen molar-refractivity contribution in [1.29, 1.82) is 0 Å². The van der Waals surface area contributed by atoms with Gasteiger partial charge >= 0.3 is 0 Å². The molecule has 0 saturated heterocycles. The molecular weight excluding hydrogens is 202 g/mol. The lowest BCUT2D eigenvalue weighted by atomic mass is 10.00. The Balaban J connectivity index is 2.35. The fraction of sp³-hybridized carbons (Fsp3) is 0.231. The summed E-state index contributed by atoms with van der Waals surface area (Å²) < 4.78 is 0. The molecule has 1 heterocycles. The Morgan fingerprint density at radius 1 is 1.20 bits per heavy atom. The maximum Gasteiger partial charge on any atom is 0.0582 e. The zero-order chi connectivity index (χ0) is 10.7. The van der Waals surface area contributed by atoms with Gasteiger partial charge < -0.3 is 5.32 Å². The Morgan fingerprint density at radius 2 is 2.07 bits per heavy atom. The SMILES string of the molecule is CNC(c1ccsc1)c1cccc(C)c1. The van der Waals surface area contributed by atoms with Crippen LogP contribution in [0.5, 0.6) is 0 Å². The molecule has 2 aromatic rings. The van der Waals surface area contributed by atoms with Crippen LogP contribution >= 0.6 is 11.3 Å². The highest BCUT2D eigenvalue weighted by Gasteiger charge is 2.11. The summed E-state index contributed by atoms with van der Waals surface area (Å²) in [7, 11) is 2.00. The van der Waals surface area contributed by atoms with Crippen molar-refractivity contribution in [2.45, 2.75) is 13.0 Å². The number of rotatable bonds is 3. The van der Waals surface area contributed by atoms with Crippen molar-refractivity contribution in [3.8, 4) is 0 Å². The maximum atomic E-state index is 3.35. The van der Waals surface area contributed by atoms with Crippen molar-refractivity contribution < 1.29 is 0 Å². The van der Waals surface area contributed by atoms with Crippen molar-refractivity contribution in [2.75, 3.05) is 7.05 Å². The molecule has 0 fully saturated rings. The molecule has 1 N–H and O–H groups in total. The van der Waals surface area contributed by atoms with Crippen LogP contribution < -0.4 is 5.32 Å². The summed E-state index contributed by atoms with van der Waals surface area (Å²) in [6.45, 7) is 2.13. The molecule has 0 spiro atoms. The molecule has 15 heavy (non-hydrogen) atoms. The molecule has 0 aliphatic rings. The highest BCUT2D eigenvalue weighted by atomic mass is 32.1. The first-order valence-corrected chi connectivity index (χ1v) is 6.01. The van der Waals surface area contributed by atoms with Gasteiger partial charge in [-0.2, -0.15) is 11.3 Å². The minimum absolute atomic E-state index is 0.316. The van der Waals surface area contributed by atoms with Gasteiger partial charge in [0, 0.05) is 0 Å². The summed E-state index contributed by atoms with van der Waals surface area (Å²) in [4.78, 5) is 0. The molecule has 1 atom stereocenters. The molecule has 78 valence electrons. The second kappa shape index (κ2) is 4.60. The van der Waals surface area contributed by atoms with E-state index >= 15 is 0 Å². The third-order valence-electron chi connectivity index (χ3n) is 2.54. The van der Waals surface area contributed by atoms with Crippen LogP contribution in [-0.4, -0.2) is 7.05 Å². The van der Waals surface area contributed by atoms with Crippen LogP contribution in [0.4, 0.5) is 0 Å². The van der Waals surface area contributed by atoms with E-state index in [4.69, 9.17) is 0 Å². The average molecular weight is 217 g/mol. The van der Waals surface area contributed by atoms with Gasteiger partial charge in [0.15, 0.2) is 0 Å². The van der Waals surface area contributed by atoms with Crippen molar-refractivity contribution in [3.63, 3.8) is 0 Å². The lowest BCUT2D eigenvalue weighted by molar-refractivity contribution is 0.694. The number of hydrogen-bond acceptors (Lipinski definition) is 2. The minimum Gasteiger partial charge on any atom is -0.309 e. The third kappa shape index (κ3) is 2.28. The van der Waals surface area contributed by atoms with Gasteiger partial charge in [-0.3, -0.25) is 0 Å². The summed E-state index contributed by atoms with van der Waals surface area (Å²) in [6.07, 6.45) is 0. The van der Waals surface area contributed by atoms with Crippen LogP contribution in [0.1, 0.15) is 22.7 Å². The van der Waals surface area contributed by atoms with Gasteiger partial charge in [0.1, 0.15) is 0 Å². The number of hydrogen-bond donors (Lipinski definition) is 1. The zero-order valence-electron chi connectivity index (χ0n) is 9.03. The van der Waals surface area contributed by atoms with Crippen LogP contribution in [0.25, 0.3) is 0 Å². The van der Waals surface area contributed by atoms with E-state index in [0.29, 0.717) is 6.04 Å². The second-order valence-corrected chi connectivity index (χ2v) is 4.47. The van der Waals surface area contributed by atoms with E-state index in [2.05, 4.69) is 53.3 Å². The normalized spacial score (nSPS) is 12.7. The van der Waals surface area contributed by atoms with Gasteiger partial charge in [0.05, 0.1) is 6.04 Å². The molecular formula is C13H15NS. The molecule has 0 aliphatic heterocycles. The highest BCUT2D eigenvalue weighted by molar-refractivity contribution is 7.08. The smallest absolute Gasteiger partial charge is 0.0582 e. The highest BCUT2D eigenvalue weighted by Crippen LogP contribution is 2.24. The molecule has 0 radical (unpaired) electrons. The fourth-order valence-corrected chi connectivity index (χ4v) is 2.50. The first-order valence-electron chi connectivity index (χ1n) is 5.07. The van der Waals surface area contributed by atoms with E-state index in [0.717, 1.165) is 0 Å². The monoisotopic (exact) mass is 217 g/mol. The summed E-state index contributed by atoms with van der Waals surface area (Å²) >= 11 is 1.74. The second-order valence-electron chi connectivity index (χ2n) is 3.69. The number of nitrogens with one attached hydrogen (secondary N) is 1. The number of thiophene rings is 1. The van der Waals surface area contributed by atoms with Gasteiger partial charge in [-0.15, -0.1) is 0 Å². The van der Waals surface area contributed by atoms with E-state index in [9.17, 15) is 0 Å². The molecule has 1 unspecified atom stereocenters. The molecule has 1 aromatic carbocycles. The van der Waals surface area contributed by atoms with Crippen LogP contribution in [0.2, 0.25) is 0 Å². The minimum atomic E-state index is 0.316. The first-order chi connectivity index (χ1) is 7.31. The van der Waals surface area contributed by atoms with Crippen LogP contribution in [-0.2, 0) is 0 Å². The Morgan fingerprint density at radius 3 is 2.67 bits per heavy atom. The molecule has 2 rings (SSSR count). The van der Waals surface area contributed by atoms with E-state index in [1.807, 2.05) is 7.05 Å². The van der Waals surface area contributed by atoms with Gasteiger partial charge in [0.2, 0.25) is 0 Å². The summed E-state index contributed by atoms with van der Waals surface area (Å²) in [5.74, 6) is 0. The Bertz CT molecular complexity index is 420. The number of benzene rings is 1.